The van der Waals surface area contributed by atoms with Gasteiger partial charge in [-0.05, 0) is 55.8 Å². The molecule has 0 saturated carbocycles. The molecular formula is C17H15FN2O3S. The smallest absolute Gasteiger partial charge is 0.264 e. The van der Waals surface area contributed by atoms with Gasteiger partial charge in [-0.1, -0.05) is 6.07 Å². The number of nitrogens with zero attached hydrogens (tertiary/aromatic N) is 1. The number of aromatic nitrogens is 1. The highest BCUT2D eigenvalue weighted by Crippen LogP contribution is 2.25. The summed E-state index contributed by atoms with van der Waals surface area (Å²) in [6.07, 6.45) is 0. The summed E-state index contributed by atoms with van der Waals surface area (Å²) in [7, 11) is -4.04. The lowest BCUT2D eigenvalue weighted by atomic mass is 10.1. The van der Waals surface area contributed by atoms with Crippen LogP contribution in [0.2, 0.25) is 0 Å². The van der Waals surface area contributed by atoms with Crippen LogP contribution in [0.1, 0.15) is 11.1 Å². The van der Waals surface area contributed by atoms with Gasteiger partial charge in [0.1, 0.15) is 10.7 Å². The number of aromatic hydroxyl groups is 1. The minimum Gasteiger partial charge on any atom is -0.493 e. The molecule has 1 heterocycles. The quantitative estimate of drug-likeness (QED) is 0.761. The van der Waals surface area contributed by atoms with Gasteiger partial charge in [-0.25, -0.2) is 17.8 Å². The molecular weight excluding hydrogens is 331 g/mol. The van der Waals surface area contributed by atoms with E-state index in [1.807, 2.05) is 0 Å². The van der Waals surface area contributed by atoms with Gasteiger partial charge >= 0.3 is 0 Å². The van der Waals surface area contributed by atoms with Crippen LogP contribution in [0, 0.1) is 19.7 Å². The van der Waals surface area contributed by atoms with Crippen LogP contribution in [0.5, 0.6) is 5.88 Å². The molecule has 0 aliphatic rings. The van der Waals surface area contributed by atoms with Gasteiger partial charge in [0.05, 0.1) is 5.52 Å². The molecule has 0 saturated heterocycles. The van der Waals surface area contributed by atoms with Crippen LogP contribution < -0.4 is 4.72 Å². The van der Waals surface area contributed by atoms with E-state index < -0.39 is 20.7 Å². The average Bonchev–Trinajstić information content (AvgIpc) is 2.48. The van der Waals surface area contributed by atoms with E-state index >= 15 is 0 Å². The van der Waals surface area contributed by atoms with Crippen LogP contribution >= 0.6 is 0 Å². The number of nitrogens with one attached hydrogen (secondary N) is 1. The highest BCUT2D eigenvalue weighted by Gasteiger charge is 2.19. The Balaban J connectivity index is 2.00. The number of halogens is 1. The summed E-state index contributed by atoms with van der Waals surface area (Å²) >= 11 is 0. The molecule has 0 unspecified atom stereocenters. The van der Waals surface area contributed by atoms with Crippen molar-refractivity contribution in [3.8, 4) is 5.88 Å². The van der Waals surface area contributed by atoms with Gasteiger partial charge in [0.15, 0.2) is 0 Å². The van der Waals surface area contributed by atoms with Crippen molar-refractivity contribution in [1.82, 2.24) is 4.98 Å². The Bertz CT molecular complexity index is 1050. The van der Waals surface area contributed by atoms with Crippen LogP contribution in [-0.2, 0) is 10.0 Å². The summed E-state index contributed by atoms with van der Waals surface area (Å²) < 4.78 is 41.1. The summed E-state index contributed by atoms with van der Waals surface area (Å²) in [5, 5.41) is 10.3. The maximum Gasteiger partial charge on any atom is 0.264 e. The van der Waals surface area contributed by atoms with Crippen molar-refractivity contribution in [2.24, 2.45) is 0 Å². The Kier molecular flexibility index (Phi) is 3.88. The number of pyridine rings is 1. The summed E-state index contributed by atoms with van der Waals surface area (Å²) in [5.41, 5.74) is 2.03. The maximum absolute atomic E-state index is 13.9. The molecule has 0 radical (unpaired) electrons. The zero-order chi connectivity index (χ0) is 17.5. The Hall–Kier alpha value is -2.67. The highest BCUT2D eigenvalue weighted by molar-refractivity contribution is 7.92. The van der Waals surface area contributed by atoms with Crippen LogP contribution in [0.15, 0.2) is 47.4 Å². The van der Waals surface area contributed by atoms with Crippen molar-refractivity contribution in [2.45, 2.75) is 18.7 Å². The fourth-order valence-electron chi connectivity index (χ4n) is 2.37. The standard InChI is InChI=1S/C17H15FN2O3S/c1-10-3-6-16(14(18)7-10)24(22,23)20-13-4-5-15-12(9-13)8-11(2)17(21)19-15/h3-9,20H,1-2H3,(H,19,21). The van der Waals surface area contributed by atoms with E-state index in [0.717, 1.165) is 0 Å². The molecule has 0 amide bonds. The molecule has 0 spiro atoms. The van der Waals surface area contributed by atoms with E-state index in [-0.39, 0.29) is 11.6 Å². The lowest BCUT2D eigenvalue weighted by Gasteiger charge is -2.10. The second kappa shape index (κ2) is 5.76. The Morgan fingerprint density at radius 2 is 1.83 bits per heavy atom. The fourth-order valence-corrected chi connectivity index (χ4v) is 3.48. The first-order valence-electron chi connectivity index (χ1n) is 7.15. The van der Waals surface area contributed by atoms with Crippen LogP contribution in [0.3, 0.4) is 0 Å². The number of aryl methyl sites for hydroxylation is 2. The lowest BCUT2D eigenvalue weighted by molar-refractivity contribution is 0.451. The number of hydrogen-bond donors (Lipinski definition) is 2. The first-order chi connectivity index (χ1) is 11.3. The van der Waals surface area contributed by atoms with Crippen molar-refractivity contribution < 1.29 is 17.9 Å². The van der Waals surface area contributed by atoms with E-state index in [1.165, 1.54) is 24.3 Å². The van der Waals surface area contributed by atoms with Gasteiger partial charge in [0, 0.05) is 16.6 Å². The Labute approximate surface area is 138 Å². The van der Waals surface area contributed by atoms with Gasteiger partial charge in [-0.3, -0.25) is 4.72 Å². The molecule has 0 bridgehead atoms. The van der Waals surface area contributed by atoms with Crippen molar-refractivity contribution in [1.29, 1.82) is 0 Å². The normalized spacial score (nSPS) is 11.6. The van der Waals surface area contributed by atoms with Gasteiger partial charge < -0.3 is 5.11 Å². The molecule has 2 aromatic carbocycles. The Morgan fingerprint density at radius 3 is 2.54 bits per heavy atom. The number of rotatable bonds is 3. The number of benzene rings is 2. The minimum absolute atomic E-state index is 0.0717. The number of sulfonamides is 1. The highest BCUT2D eigenvalue weighted by atomic mass is 32.2. The third-order valence-corrected chi connectivity index (χ3v) is 5.02. The minimum atomic E-state index is -4.04. The van der Waals surface area contributed by atoms with Gasteiger partial charge in [0.25, 0.3) is 10.0 Å². The molecule has 0 fully saturated rings. The monoisotopic (exact) mass is 346 g/mol. The topological polar surface area (TPSA) is 79.3 Å². The largest absolute Gasteiger partial charge is 0.493 e. The predicted octanol–water partition coefficient (Wildman–Crippen LogP) is 3.50. The van der Waals surface area contributed by atoms with Crippen molar-refractivity contribution >= 4 is 26.6 Å². The molecule has 3 aromatic rings. The molecule has 2 N–H and O–H groups in total. The van der Waals surface area contributed by atoms with Crippen molar-refractivity contribution in [3.63, 3.8) is 0 Å². The molecule has 124 valence electrons. The van der Waals surface area contributed by atoms with E-state index in [2.05, 4.69) is 9.71 Å². The summed E-state index contributed by atoms with van der Waals surface area (Å²) in [5.74, 6) is -0.872. The van der Waals surface area contributed by atoms with Gasteiger partial charge in [-0.15, -0.1) is 0 Å². The van der Waals surface area contributed by atoms with Crippen LogP contribution in [0.25, 0.3) is 10.9 Å². The molecule has 0 aliphatic carbocycles. The summed E-state index contributed by atoms with van der Waals surface area (Å²) in [6.45, 7) is 3.38. The Morgan fingerprint density at radius 1 is 1.08 bits per heavy atom. The van der Waals surface area contributed by atoms with Crippen molar-refractivity contribution in [3.05, 3.63) is 59.4 Å². The zero-order valence-electron chi connectivity index (χ0n) is 13.0. The molecule has 0 atom stereocenters. The zero-order valence-corrected chi connectivity index (χ0v) is 13.9. The maximum atomic E-state index is 13.9. The van der Waals surface area contributed by atoms with Crippen LogP contribution in [-0.4, -0.2) is 18.5 Å². The molecule has 3 rings (SSSR count). The number of fused-ring (bicyclic) bond motifs is 1. The van der Waals surface area contributed by atoms with Gasteiger partial charge in [-0.2, -0.15) is 0 Å². The van der Waals surface area contributed by atoms with Crippen molar-refractivity contribution in [2.75, 3.05) is 4.72 Å². The average molecular weight is 346 g/mol. The van der Waals surface area contributed by atoms with E-state index in [1.54, 1.807) is 32.0 Å². The molecule has 24 heavy (non-hydrogen) atoms. The second-order valence-electron chi connectivity index (χ2n) is 5.58. The first kappa shape index (κ1) is 16.2. The third kappa shape index (κ3) is 3.03. The number of anilines is 1. The SMILES string of the molecule is Cc1ccc(S(=O)(=O)Nc2ccc3nc(O)c(C)cc3c2)c(F)c1. The summed E-state index contributed by atoms with van der Waals surface area (Å²) in [4.78, 5) is 3.60. The molecule has 5 nitrogen and oxygen atoms in total. The number of hydrogen-bond acceptors (Lipinski definition) is 4. The molecule has 1 aromatic heterocycles. The van der Waals surface area contributed by atoms with E-state index in [4.69, 9.17) is 0 Å². The summed E-state index contributed by atoms with van der Waals surface area (Å²) in [6, 6.07) is 10.3. The molecule has 7 heteroatoms. The first-order valence-corrected chi connectivity index (χ1v) is 8.64. The van der Waals surface area contributed by atoms with Gasteiger partial charge in [0.2, 0.25) is 5.88 Å². The lowest BCUT2D eigenvalue weighted by Crippen LogP contribution is -2.14. The molecule has 0 aliphatic heterocycles. The predicted molar refractivity (Wildman–Crippen MR) is 90.1 cm³/mol. The van der Waals surface area contributed by atoms with E-state index in [0.29, 0.717) is 22.0 Å². The second-order valence-corrected chi connectivity index (χ2v) is 7.23. The van der Waals surface area contributed by atoms with Crippen LogP contribution in [0.4, 0.5) is 10.1 Å². The third-order valence-electron chi connectivity index (χ3n) is 3.61. The van der Waals surface area contributed by atoms with E-state index in [9.17, 15) is 17.9 Å². The fraction of sp³-hybridized carbons (Fsp3) is 0.118.